The van der Waals surface area contributed by atoms with Crippen LogP contribution in [0.3, 0.4) is 0 Å². The Labute approximate surface area is 201 Å². The van der Waals surface area contributed by atoms with E-state index in [1.807, 2.05) is 13.1 Å². The quantitative estimate of drug-likeness (QED) is 0.482. The molecule has 0 saturated carbocycles. The maximum atomic E-state index is 14.5. The van der Waals surface area contributed by atoms with E-state index in [9.17, 15) is 9.18 Å². The molecule has 0 aliphatic carbocycles. The van der Waals surface area contributed by atoms with Crippen molar-refractivity contribution >= 4 is 45.6 Å². The van der Waals surface area contributed by atoms with E-state index < -0.39 is 5.82 Å². The predicted molar refractivity (Wildman–Crippen MR) is 131 cm³/mol. The normalized spacial score (nSPS) is 13.4. The summed E-state index contributed by atoms with van der Waals surface area (Å²) >= 11 is 5.92. The number of anilines is 3. The van der Waals surface area contributed by atoms with E-state index in [-0.39, 0.29) is 16.6 Å². The fourth-order valence-corrected chi connectivity index (χ4v) is 3.82. The van der Waals surface area contributed by atoms with Crippen LogP contribution in [-0.2, 0) is 9.53 Å². The number of hydrogen-bond acceptors (Lipinski definition) is 7. The molecule has 178 valence electrons. The number of benzene rings is 2. The average Bonchev–Trinajstić information content (AvgIpc) is 2.85. The molecule has 0 saturated heterocycles. The number of hydrogen-bond donors (Lipinski definition) is 1. The molecule has 0 atom stereocenters. The molecule has 1 amide bonds. The van der Waals surface area contributed by atoms with Crippen LogP contribution in [0.2, 0.25) is 5.02 Å². The lowest BCUT2D eigenvalue weighted by Gasteiger charge is -2.30. The lowest BCUT2D eigenvalue weighted by molar-refractivity contribution is -0.114. The number of carbonyl (C=O) groups excluding carboxylic acids is 1. The van der Waals surface area contributed by atoms with E-state index in [2.05, 4.69) is 20.2 Å². The third-order valence-electron chi connectivity index (χ3n) is 5.41. The lowest BCUT2D eigenvalue weighted by Crippen LogP contribution is -2.37. The summed E-state index contributed by atoms with van der Waals surface area (Å²) in [6.07, 6.45) is 4.77. The number of nitrogens with one attached hydrogen (secondary N) is 1. The number of ether oxygens (including phenoxy) is 2. The first kappa shape index (κ1) is 23.9. The molecular weight excluding hydrogens is 461 g/mol. The summed E-state index contributed by atoms with van der Waals surface area (Å²) in [5.41, 5.74) is 1.38. The van der Waals surface area contributed by atoms with E-state index >= 15 is 0 Å². The van der Waals surface area contributed by atoms with Crippen molar-refractivity contribution in [2.24, 2.45) is 0 Å². The van der Waals surface area contributed by atoms with Gasteiger partial charge in [0.1, 0.15) is 18.8 Å². The van der Waals surface area contributed by atoms with E-state index in [0.29, 0.717) is 54.5 Å². The molecule has 0 fully saturated rings. The Morgan fingerprint density at radius 3 is 3.03 bits per heavy atom. The Bertz CT molecular complexity index is 1220. The predicted octanol–water partition coefficient (Wildman–Crippen LogP) is 4.03. The van der Waals surface area contributed by atoms with E-state index in [1.54, 1.807) is 42.4 Å². The largest absolute Gasteiger partial charge is 0.489 e. The summed E-state index contributed by atoms with van der Waals surface area (Å²) in [6.45, 7) is 2.72. The first-order valence-electron chi connectivity index (χ1n) is 10.8. The Balaban J connectivity index is 1.63. The van der Waals surface area contributed by atoms with Crippen molar-refractivity contribution in [3.8, 4) is 5.75 Å². The van der Waals surface area contributed by atoms with Gasteiger partial charge >= 0.3 is 0 Å². The van der Waals surface area contributed by atoms with Crippen LogP contribution in [0.1, 0.15) is 0 Å². The Morgan fingerprint density at radius 2 is 2.21 bits per heavy atom. The number of fused-ring (bicyclic) bond motifs is 3. The van der Waals surface area contributed by atoms with Gasteiger partial charge in [-0.05, 0) is 31.3 Å². The van der Waals surface area contributed by atoms with Gasteiger partial charge in [0.2, 0.25) is 0 Å². The van der Waals surface area contributed by atoms with Crippen molar-refractivity contribution in [2.75, 3.05) is 57.2 Å². The third-order valence-corrected chi connectivity index (χ3v) is 5.70. The van der Waals surface area contributed by atoms with Crippen molar-refractivity contribution in [1.82, 2.24) is 14.9 Å². The molecule has 1 aliphatic rings. The zero-order valence-electron chi connectivity index (χ0n) is 18.9. The van der Waals surface area contributed by atoms with Crippen molar-refractivity contribution in [2.45, 2.75) is 0 Å². The van der Waals surface area contributed by atoms with Crippen molar-refractivity contribution in [3.63, 3.8) is 0 Å². The van der Waals surface area contributed by atoms with Crippen molar-refractivity contribution < 1.29 is 18.7 Å². The molecule has 0 unspecified atom stereocenters. The summed E-state index contributed by atoms with van der Waals surface area (Å²) < 4.78 is 25.5. The topological polar surface area (TPSA) is 79.8 Å². The molecule has 3 aromatic rings. The Morgan fingerprint density at radius 1 is 1.35 bits per heavy atom. The van der Waals surface area contributed by atoms with E-state index in [1.165, 1.54) is 12.4 Å². The second-order valence-corrected chi connectivity index (χ2v) is 8.16. The number of carbonyl (C=O) groups is 1. The summed E-state index contributed by atoms with van der Waals surface area (Å²) in [7, 11) is 3.62. The van der Waals surface area contributed by atoms with Crippen LogP contribution in [0.5, 0.6) is 5.75 Å². The zero-order valence-corrected chi connectivity index (χ0v) is 19.7. The highest BCUT2D eigenvalue weighted by Crippen LogP contribution is 2.41. The molecule has 1 N–H and O–H groups in total. The zero-order chi connectivity index (χ0) is 24.1. The maximum Gasteiger partial charge on any atom is 0.250 e. The monoisotopic (exact) mass is 485 g/mol. The van der Waals surface area contributed by atoms with E-state index in [4.69, 9.17) is 21.1 Å². The number of nitrogens with zero attached hydrogens (tertiary/aromatic N) is 4. The average molecular weight is 486 g/mol. The molecule has 34 heavy (non-hydrogen) atoms. The SMILES string of the molecule is COCCN(C)C/C=C/C(=O)N1CCOc2c1ccc1ncnc(Nc3cccc(Cl)c3F)c21. The second kappa shape index (κ2) is 10.8. The number of amides is 1. The molecule has 1 aromatic heterocycles. The maximum absolute atomic E-state index is 14.5. The molecule has 0 radical (unpaired) electrons. The fraction of sp³-hybridized carbons (Fsp3) is 0.292. The standard InChI is InChI=1S/C24H25ClFN5O3/c1-30(11-13-33-2)10-4-7-20(32)31-12-14-34-23-19(31)9-8-17-21(23)24(28-15-27-17)29-18-6-3-5-16(25)22(18)26/h3-9,15H,10-14H2,1-2H3,(H,27,28,29)/b7-4+. The minimum atomic E-state index is -0.584. The first-order valence-corrected chi connectivity index (χ1v) is 11.1. The fourth-order valence-electron chi connectivity index (χ4n) is 3.64. The van der Waals surface area contributed by atoms with Gasteiger partial charge < -0.3 is 24.6 Å². The van der Waals surface area contributed by atoms with Gasteiger partial charge in [-0.25, -0.2) is 14.4 Å². The van der Waals surface area contributed by atoms with Gasteiger partial charge in [-0.3, -0.25) is 4.79 Å². The Hall–Kier alpha value is -3.27. The summed E-state index contributed by atoms with van der Waals surface area (Å²) in [5, 5.41) is 3.54. The highest BCUT2D eigenvalue weighted by Gasteiger charge is 2.26. The van der Waals surface area contributed by atoms with Crippen LogP contribution < -0.4 is 15.0 Å². The molecule has 4 rings (SSSR count). The molecule has 2 aromatic carbocycles. The highest BCUT2D eigenvalue weighted by molar-refractivity contribution is 6.31. The molecule has 8 nitrogen and oxygen atoms in total. The van der Waals surface area contributed by atoms with Crippen LogP contribution in [-0.4, -0.2) is 67.8 Å². The minimum absolute atomic E-state index is 0.00179. The van der Waals surface area contributed by atoms with Crippen molar-refractivity contribution in [1.29, 1.82) is 0 Å². The second-order valence-electron chi connectivity index (χ2n) is 7.75. The number of methoxy groups -OCH3 is 1. The number of aromatic nitrogens is 2. The molecule has 0 bridgehead atoms. The summed E-state index contributed by atoms with van der Waals surface area (Å²) in [5.74, 6) is 0.0798. The Kier molecular flexibility index (Phi) is 7.56. The number of likely N-dealkylation sites (N-methyl/N-ethyl adjacent to an activating group) is 1. The van der Waals surface area contributed by atoms with Gasteiger partial charge in [-0.1, -0.05) is 23.7 Å². The van der Waals surface area contributed by atoms with Crippen LogP contribution >= 0.6 is 11.6 Å². The molecule has 2 heterocycles. The number of rotatable bonds is 8. The smallest absolute Gasteiger partial charge is 0.250 e. The summed E-state index contributed by atoms with van der Waals surface area (Å²) in [6, 6.07) is 8.26. The van der Waals surface area contributed by atoms with Gasteiger partial charge in [0.25, 0.3) is 5.91 Å². The number of halogens is 2. The highest BCUT2D eigenvalue weighted by atomic mass is 35.5. The van der Waals surface area contributed by atoms with Gasteiger partial charge in [-0.15, -0.1) is 0 Å². The van der Waals surface area contributed by atoms with Gasteiger partial charge in [0.05, 0.1) is 40.5 Å². The molecular formula is C24H25ClFN5O3. The lowest BCUT2D eigenvalue weighted by atomic mass is 10.1. The van der Waals surface area contributed by atoms with Crippen LogP contribution in [0.25, 0.3) is 10.9 Å². The molecule has 10 heteroatoms. The minimum Gasteiger partial charge on any atom is -0.489 e. The van der Waals surface area contributed by atoms with Gasteiger partial charge in [0.15, 0.2) is 11.6 Å². The third kappa shape index (κ3) is 5.11. The van der Waals surface area contributed by atoms with Crippen LogP contribution in [0.4, 0.5) is 21.6 Å². The van der Waals surface area contributed by atoms with Gasteiger partial charge in [0, 0.05) is 26.3 Å². The van der Waals surface area contributed by atoms with E-state index in [0.717, 1.165) is 6.54 Å². The van der Waals surface area contributed by atoms with Gasteiger partial charge in [-0.2, -0.15) is 0 Å². The van der Waals surface area contributed by atoms with Crippen molar-refractivity contribution in [3.05, 3.63) is 59.7 Å². The first-order chi connectivity index (χ1) is 16.5. The van der Waals surface area contributed by atoms with Crippen LogP contribution in [0.15, 0.2) is 48.8 Å². The summed E-state index contributed by atoms with van der Waals surface area (Å²) in [4.78, 5) is 25.3. The van der Waals surface area contributed by atoms with Crippen LogP contribution in [0, 0.1) is 5.82 Å². The molecule has 0 spiro atoms. The molecule has 1 aliphatic heterocycles.